The first-order valence-electron chi connectivity index (χ1n) is 3.87. The Hall–Kier alpha value is -1.53. The third-order valence-electron chi connectivity index (χ3n) is 1.74. The molecule has 0 radical (unpaired) electrons. The summed E-state index contributed by atoms with van der Waals surface area (Å²) in [5.74, 6) is -0.535. The van der Waals surface area contributed by atoms with Crippen molar-refractivity contribution in [1.29, 1.82) is 0 Å². The van der Waals surface area contributed by atoms with Crippen LogP contribution in [0, 0.1) is 0 Å². The van der Waals surface area contributed by atoms with E-state index in [4.69, 9.17) is 10.8 Å². The van der Waals surface area contributed by atoms with Crippen LogP contribution < -0.4 is 5.73 Å². The number of nitrogens with zero attached hydrogens (tertiary/aromatic N) is 2. The number of hydrogen-bond acceptors (Lipinski definition) is 5. The van der Waals surface area contributed by atoms with Gasteiger partial charge in [0.2, 0.25) is 0 Å². The van der Waals surface area contributed by atoms with Crippen molar-refractivity contribution >= 4 is 27.6 Å². The lowest BCUT2D eigenvalue weighted by atomic mass is 10.2. The Kier molecular flexibility index (Phi) is 2.14. The van der Waals surface area contributed by atoms with E-state index in [1.807, 2.05) is 0 Å². The highest BCUT2D eigenvalue weighted by molar-refractivity contribution is 7.18. The maximum Gasteiger partial charge on any atom is 0.251 e. The van der Waals surface area contributed by atoms with Gasteiger partial charge in [-0.25, -0.2) is 9.97 Å². The molecule has 0 aliphatic heterocycles. The lowest BCUT2D eigenvalue weighted by Crippen LogP contribution is -2.11. The Balaban J connectivity index is 2.73. The molecule has 2 aromatic heterocycles. The molecule has 2 rings (SSSR count). The average molecular weight is 209 g/mol. The van der Waals surface area contributed by atoms with Gasteiger partial charge in [-0.3, -0.25) is 4.79 Å². The molecule has 72 valence electrons. The van der Waals surface area contributed by atoms with E-state index in [1.54, 1.807) is 0 Å². The Labute approximate surface area is 83.2 Å². The van der Waals surface area contributed by atoms with Gasteiger partial charge in [0.05, 0.1) is 12.2 Å². The van der Waals surface area contributed by atoms with Crippen molar-refractivity contribution in [2.24, 2.45) is 5.73 Å². The number of fused-ring (bicyclic) bond motifs is 1. The van der Waals surface area contributed by atoms with Crippen LogP contribution in [-0.2, 0) is 6.61 Å². The number of hydrogen-bond donors (Lipinski definition) is 2. The summed E-state index contributed by atoms with van der Waals surface area (Å²) >= 11 is 1.25. The molecule has 0 aromatic carbocycles. The molecule has 3 N–H and O–H groups in total. The molecule has 2 heterocycles. The number of thiazole rings is 1. The SMILES string of the molecule is NC(=O)c1ccnc2sc(CO)nc12. The smallest absolute Gasteiger partial charge is 0.251 e. The Morgan fingerprint density at radius 3 is 3.07 bits per heavy atom. The fourth-order valence-electron chi connectivity index (χ4n) is 1.14. The lowest BCUT2D eigenvalue weighted by molar-refractivity contribution is 0.100. The van der Waals surface area contributed by atoms with Gasteiger partial charge in [-0.1, -0.05) is 11.3 Å². The van der Waals surface area contributed by atoms with Gasteiger partial charge in [-0.05, 0) is 6.07 Å². The first kappa shape index (κ1) is 9.04. The Morgan fingerprint density at radius 2 is 2.43 bits per heavy atom. The highest BCUT2D eigenvalue weighted by atomic mass is 32.1. The largest absolute Gasteiger partial charge is 0.389 e. The highest BCUT2D eigenvalue weighted by Gasteiger charge is 2.11. The zero-order valence-electron chi connectivity index (χ0n) is 7.10. The minimum Gasteiger partial charge on any atom is -0.389 e. The number of carbonyl (C=O) groups is 1. The van der Waals surface area contributed by atoms with Crippen molar-refractivity contribution in [3.05, 3.63) is 22.8 Å². The number of aliphatic hydroxyl groups is 1. The van der Waals surface area contributed by atoms with Crippen LogP contribution in [0.3, 0.4) is 0 Å². The van der Waals surface area contributed by atoms with Crippen LogP contribution in [0.15, 0.2) is 12.3 Å². The van der Waals surface area contributed by atoms with Crippen LogP contribution in [0.1, 0.15) is 15.4 Å². The predicted octanol–water partition coefficient (Wildman–Crippen LogP) is 0.283. The Morgan fingerprint density at radius 1 is 1.64 bits per heavy atom. The summed E-state index contributed by atoms with van der Waals surface area (Å²) in [5.41, 5.74) is 5.97. The van der Waals surface area contributed by atoms with E-state index >= 15 is 0 Å². The van der Waals surface area contributed by atoms with Crippen molar-refractivity contribution in [1.82, 2.24) is 9.97 Å². The van der Waals surface area contributed by atoms with E-state index in [-0.39, 0.29) is 6.61 Å². The number of nitrogens with two attached hydrogens (primary N) is 1. The van der Waals surface area contributed by atoms with E-state index in [1.165, 1.54) is 23.6 Å². The monoisotopic (exact) mass is 209 g/mol. The molecule has 0 saturated heterocycles. The van der Waals surface area contributed by atoms with E-state index in [2.05, 4.69) is 9.97 Å². The van der Waals surface area contributed by atoms with E-state index < -0.39 is 5.91 Å². The van der Waals surface area contributed by atoms with E-state index in [0.29, 0.717) is 20.9 Å². The molecule has 0 aliphatic rings. The molecule has 0 fully saturated rings. The van der Waals surface area contributed by atoms with Crippen LogP contribution >= 0.6 is 11.3 Å². The minimum atomic E-state index is -0.535. The summed E-state index contributed by atoms with van der Waals surface area (Å²) in [6, 6.07) is 1.52. The fourth-order valence-corrected chi connectivity index (χ4v) is 1.93. The van der Waals surface area contributed by atoms with Gasteiger partial charge >= 0.3 is 0 Å². The van der Waals surface area contributed by atoms with Crippen molar-refractivity contribution in [2.45, 2.75) is 6.61 Å². The van der Waals surface area contributed by atoms with Gasteiger partial charge in [0.1, 0.15) is 15.4 Å². The quantitative estimate of drug-likeness (QED) is 0.743. The maximum atomic E-state index is 11.0. The van der Waals surface area contributed by atoms with Gasteiger partial charge in [0, 0.05) is 6.20 Å². The van der Waals surface area contributed by atoms with Crippen molar-refractivity contribution in [2.75, 3.05) is 0 Å². The number of rotatable bonds is 2. The number of aliphatic hydroxyl groups excluding tert-OH is 1. The molecule has 0 bridgehead atoms. The van der Waals surface area contributed by atoms with Gasteiger partial charge < -0.3 is 10.8 Å². The number of amides is 1. The molecule has 0 unspecified atom stereocenters. The molecular formula is C8H7N3O2S. The summed E-state index contributed by atoms with van der Waals surface area (Å²) < 4.78 is 0. The molecule has 0 aliphatic carbocycles. The second kappa shape index (κ2) is 3.32. The third-order valence-corrected chi connectivity index (χ3v) is 2.69. The van der Waals surface area contributed by atoms with Crippen LogP contribution in [0.4, 0.5) is 0 Å². The summed E-state index contributed by atoms with van der Waals surface area (Å²) in [6.07, 6.45) is 1.50. The summed E-state index contributed by atoms with van der Waals surface area (Å²) in [4.78, 5) is 19.7. The third kappa shape index (κ3) is 1.34. The van der Waals surface area contributed by atoms with E-state index in [0.717, 1.165) is 0 Å². The second-order valence-corrected chi connectivity index (χ2v) is 3.70. The fraction of sp³-hybridized carbons (Fsp3) is 0.125. The normalized spacial score (nSPS) is 10.6. The minimum absolute atomic E-state index is 0.154. The van der Waals surface area contributed by atoms with Crippen LogP contribution in [0.2, 0.25) is 0 Å². The highest BCUT2D eigenvalue weighted by Crippen LogP contribution is 2.22. The van der Waals surface area contributed by atoms with Crippen LogP contribution in [0.25, 0.3) is 10.3 Å². The molecular weight excluding hydrogens is 202 g/mol. The van der Waals surface area contributed by atoms with E-state index in [9.17, 15) is 4.79 Å². The lowest BCUT2D eigenvalue weighted by Gasteiger charge is -1.93. The van der Waals surface area contributed by atoms with Crippen molar-refractivity contribution in [3.8, 4) is 0 Å². The summed E-state index contributed by atoms with van der Waals surface area (Å²) in [6.45, 7) is -0.154. The number of aromatic nitrogens is 2. The standard InChI is InChI=1S/C8H7N3O2S/c9-7(13)4-1-2-10-8-6(4)11-5(3-12)14-8/h1-2,12H,3H2,(H2,9,13). The molecule has 0 saturated carbocycles. The van der Waals surface area contributed by atoms with Crippen molar-refractivity contribution in [3.63, 3.8) is 0 Å². The zero-order valence-corrected chi connectivity index (χ0v) is 7.91. The molecule has 2 aromatic rings. The maximum absolute atomic E-state index is 11.0. The first-order chi connectivity index (χ1) is 6.72. The van der Waals surface area contributed by atoms with Crippen LogP contribution in [0.5, 0.6) is 0 Å². The van der Waals surface area contributed by atoms with Crippen molar-refractivity contribution < 1.29 is 9.90 Å². The first-order valence-corrected chi connectivity index (χ1v) is 4.69. The summed E-state index contributed by atoms with van der Waals surface area (Å²) in [7, 11) is 0. The van der Waals surface area contributed by atoms with Crippen LogP contribution in [-0.4, -0.2) is 21.0 Å². The average Bonchev–Trinajstić information content (AvgIpc) is 2.59. The molecule has 6 heteroatoms. The Bertz CT molecular complexity index is 494. The zero-order chi connectivity index (χ0) is 10.1. The number of primary amides is 1. The molecule has 5 nitrogen and oxygen atoms in total. The van der Waals surface area contributed by atoms with Gasteiger partial charge in [0.25, 0.3) is 5.91 Å². The topological polar surface area (TPSA) is 89.1 Å². The second-order valence-electron chi connectivity index (χ2n) is 2.64. The van der Waals surface area contributed by atoms with Gasteiger partial charge in [-0.2, -0.15) is 0 Å². The number of carbonyl (C=O) groups excluding carboxylic acids is 1. The molecule has 0 spiro atoms. The van der Waals surface area contributed by atoms with Gasteiger partial charge in [0.15, 0.2) is 0 Å². The molecule has 0 atom stereocenters. The predicted molar refractivity (Wildman–Crippen MR) is 51.9 cm³/mol. The molecule has 1 amide bonds. The molecule has 14 heavy (non-hydrogen) atoms. The summed E-state index contributed by atoms with van der Waals surface area (Å²) in [5, 5.41) is 9.40. The number of pyridine rings is 1. The van der Waals surface area contributed by atoms with Gasteiger partial charge in [-0.15, -0.1) is 0 Å².